The predicted octanol–water partition coefficient (Wildman–Crippen LogP) is 1.82. The summed E-state index contributed by atoms with van der Waals surface area (Å²) < 4.78 is 10.5. The highest BCUT2D eigenvalue weighted by Gasteiger charge is 2.14. The number of rotatable bonds is 7. The van der Waals surface area contributed by atoms with Crippen molar-refractivity contribution in [1.29, 1.82) is 0 Å². The molecule has 25 heavy (non-hydrogen) atoms. The van der Waals surface area contributed by atoms with Crippen molar-refractivity contribution in [2.45, 2.75) is 32.9 Å². The molecule has 7 heteroatoms. The molecule has 1 aromatic heterocycles. The molecule has 7 nitrogen and oxygen atoms in total. The van der Waals surface area contributed by atoms with Crippen molar-refractivity contribution in [3.8, 4) is 11.5 Å². The molecule has 2 rings (SSSR count). The molecule has 134 valence electrons. The number of nitrogens with two attached hydrogens (primary N) is 1. The zero-order valence-corrected chi connectivity index (χ0v) is 15.0. The van der Waals surface area contributed by atoms with E-state index in [4.69, 9.17) is 15.2 Å². The summed E-state index contributed by atoms with van der Waals surface area (Å²) in [6, 6.07) is 6.82. The third kappa shape index (κ3) is 5.15. The van der Waals surface area contributed by atoms with Gasteiger partial charge in [-0.15, -0.1) is 0 Å². The smallest absolute Gasteiger partial charge is 0.222 e. The fourth-order valence-corrected chi connectivity index (χ4v) is 2.53. The van der Waals surface area contributed by atoms with Crippen LogP contribution in [0.2, 0.25) is 0 Å². The van der Waals surface area contributed by atoms with Crippen LogP contribution in [0.4, 0.5) is 0 Å². The van der Waals surface area contributed by atoms with Gasteiger partial charge in [0.05, 0.1) is 20.8 Å². The minimum absolute atomic E-state index is 0.153. The molecule has 3 N–H and O–H groups in total. The third-order valence-electron chi connectivity index (χ3n) is 3.71. The Morgan fingerprint density at radius 1 is 1.12 bits per heavy atom. The summed E-state index contributed by atoms with van der Waals surface area (Å²) in [6.45, 7) is 4.07. The van der Waals surface area contributed by atoms with Crippen LogP contribution in [0.25, 0.3) is 0 Å². The molecule has 0 unspecified atom stereocenters. The SMILES string of the molecule is COc1ccc([C@@H](N)CC(=O)NCc2nc(C)cc(C)n2)cc1OC. The molecule has 0 aliphatic rings. The first-order valence-electron chi connectivity index (χ1n) is 7.98. The Kier molecular flexibility index (Phi) is 6.30. The van der Waals surface area contributed by atoms with E-state index < -0.39 is 6.04 Å². The molecule has 0 aliphatic carbocycles. The lowest BCUT2D eigenvalue weighted by Crippen LogP contribution is -2.28. The van der Waals surface area contributed by atoms with Gasteiger partial charge >= 0.3 is 0 Å². The maximum Gasteiger partial charge on any atom is 0.222 e. The number of methoxy groups -OCH3 is 2. The Bertz CT molecular complexity index is 729. The van der Waals surface area contributed by atoms with E-state index in [-0.39, 0.29) is 18.9 Å². The number of aryl methyl sites for hydroxylation is 2. The number of nitrogens with zero attached hydrogens (tertiary/aromatic N) is 2. The summed E-state index contributed by atoms with van der Waals surface area (Å²) in [7, 11) is 3.13. The minimum atomic E-state index is -0.444. The largest absolute Gasteiger partial charge is 0.493 e. The van der Waals surface area contributed by atoms with Gasteiger partial charge in [-0.2, -0.15) is 0 Å². The van der Waals surface area contributed by atoms with Gasteiger partial charge in [0.25, 0.3) is 0 Å². The first-order chi connectivity index (χ1) is 11.9. The van der Waals surface area contributed by atoms with E-state index in [0.29, 0.717) is 17.3 Å². The van der Waals surface area contributed by atoms with Crippen LogP contribution in [0.3, 0.4) is 0 Å². The second-order valence-electron chi connectivity index (χ2n) is 5.77. The van der Waals surface area contributed by atoms with Gasteiger partial charge in [-0.05, 0) is 37.6 Å². The Hall–Kier alpha value is -2.67. The van der Waals surface area contributed by atoms with Crippen molar-refractivity contribution >= 4 is 5.91 Å². The number of ether oxygens (including phenoxy) is 2. The maximum absolute atomic E-state index is 12.1. The molecule has 1 heterocycles. The van der Waals surface area contributed by atoms with Gasteiger partial charge in [0.15, 0.2) is 11.5 Å². The van der Waals surface area contributed by atoms with Gasteiger partial charge in [-0.1, -0.05) is 6.07 Å². The third-order valence-corrected chi connectivity index (χ3v) is 3.71. The zero-order chi connectivity index (χ0) is 18.4. The van der Waals surface area contributed by atoms with E-state index in [1.807, 2.05) is 26.0 Å². The van der Waals surface area contributed by atoms with Crippen LogP contribution >= 0.6 is 0 Å². The van der Waals surface area contributed by atoms with Crippen LogP contribution < -0.4 is 20.5 Å². The van der Waals surface area contributed by atoms with Gasteiger partial charge in [-0.25, -0.2) is 9.97 Å². The topological polar surface area (TPSA) is 99.4 Å². The summed E-state index contributed by atoms with van der Waals surface area (Å²) in [6.07, 6.45) is 0.153. The normalized spacial score (nSPS) is 11.7. The van der Waals surface area contributed by atoms with Crippen LogP contribution in [0.5, 0.6) is 11.5 Å². The van der Waals surface area contributed by atoms with E-state index in [1.54, 1.807) is 26.4 Å². The Balaban J connectivity index is 1.95. The molecule has 1 atom stereocenters. The number of benzene rings is 1. The molecule has 0 fully saturated rings. The highest BCUT2D eigenvalue weighted by atomic mass is 16.5. The fourth-order valence-electron chi connectivity index (χ4n) is 2.53. The molecular formula is C18H24N4O3. The summed E-state index contributed by atoms with van der Waals surface area (Å²) in [5.41, 5.74) is 8.69. The minimum Gasteiger partial charge on any atom is -0.493 e. The first-order valence-corrected chi connectivity index (χ1v) is 7.98. The van der Waals surface area contributed by atoms with Crippen LogP contribution in [-0.4, -0.2) is 30.1 Å². The lowest BCUT2D eigenvalue weighted by Gasteiger charge is -2.15. The second kappa shape index (κ2) is 8.43. The van der Waals surface area contributed by atoms with E-state index in [0.717, 1.165) is 17.0 Å². The van der Waals surface area contributed by atoms with Crippen LogP contribution in [0.1, 0.15) is 35.2 Å². The Morgan fingerprint density at radius 3 is 2.36 bits per heavy atom. The average Bonchev–Trinajstić information content (AvgIpc) is 2.58. The van der Waals surface area contributed by atoms with E-state index in [1.165, 1.54) is 0 Å². The van der Waals surface area contributed by atoms with E-state index >= 15 is 0 Å². The molecule has 1 aromatic carbocycles. The highest BCUT2D eigenvalue weighted by Crippen LogP contribution is 2.30. The lowest BCUT2D eigenvalue weighted by atomic mass is 10.0. The van der Waals surface area contributed by atoms with Crippen LogP contribution in [0.15, 0.2) is 24.3 Å². The first kappa shape index (κ1) is 18.7. The summed E-state index contributed by atoms with van der Waals surface area (Å²) in [4.78, 5) is 20.7. The van der Waals surface area contributed by atoms with Gasteiger partial charge in [0.2, 0.25) is 5.91 Å². The summed E-state index contributed by atoms with van der Waals surface area (Å²) >= 11 is 0. The highest BCUT2D eigenvalue weighted by molar-refractivity contribution is 5.76. The summed E-state index contributed by atoms with van der Waals surface area (Å²) in [5, 5.41) is 2.81. The van der Waals surface area contributed by atoms with Crippen molar-refractivity contribution in [2.24, 2.45) is 5.73 Å². The monoisotopic (exact) mass is 344 g/mol. The Morgan fingerprint density at radius 2 is 1.76 bits per heavy atom. The van der Waals surface area contributed by atoms with Crippen molar-refractivity contribution < 1.29 is 14.3 Å². The Labute approximate surface area is 147 Å². The number of hydrogen-bond acceptors (Lipinski definition) is 6. The quantitative estimate of drug-likeness (QED) is 0.795. The molecule has 0 saturated carbocycles. The molecule has 0 aliphatic heterocycles. The number of carbonyl (C=O) groups is 1. The van der Waals surface area contributed by atoms with Gasteiger partial charge in [0, 0.05) is 23.9 Å². The molecule has 1 amide bonds. The average molecular weight is 344 g/mol. The van der Waals surface area contributed by atoms with Crippen LogP contribution in [0, 0.1) is 13.8 Å². The number of carbonyl (C=O) groups excluding carboxylic acids is 1. The fraction of sp³-hybridized carbons (Fsp3) is 0.389. The molecule has 2 aromatic rings. The van der Waals surface area contributed by atoms with Crippen molar-refractivity contribution in [2.75, 3.05) is 14.2 Å². The molecule has 0 spiro atoms. The van der Waals surface area contributed by atoms with Gasteiger partial charge in [-0.3, -0.25) is 4.79 Å². The molecule has 0 radical (unpaired) electrons. The number of amides is 1. The molecule has 0 saturated heterocycles. The summed E-state index contributed by atoms with van der Waals surface area (Å²) in [5.74, 6) is 1.63. The number of hydrogen-bond donors (Lipinski definition) is 2. The van der Waals surface area contributed by atoms with Gasteiger partial charge < -0.3 is 20.5 Å². The number of nitrogens with one attached hydrogen (secondary N) is 1. The van der Waals surface area contributed by atoms with Crippen LogP contribution in [-0.2, 0) is 11.3 Å². The lowest BCUT2D eigenvalue weighted by molar-refractivity contribution is -0.121. The zero-order valence-electron chi connectivity index (χ0n) is 15.0. The van der Waals surface area contributed by atoms with Crippen molar-refractivity contribution in [1.82, 2.24) is 15.3 Å². The van der Waals surface area contributed by atoms with E-state index in [9.17, 15) is 4.79 Å². The second-order valence-corrected chi connectivity index (χ2v) is 5.77. The number of aromatic nitrogens is 2. The van der Waals surface area contributed by atoms with Gasteiger partial charge in [0.1, 0.15) is 5.82 Å². The molecular weight excluding hydrogens is 320 g/mol. The molecule has 0 bridgehead atoms. The maximum atomic E-state index is 12.1. The van der Waals surface area contributed by atoms with Crippen molar-refractivity contribution in [3.05, 3.63) is 47.0 Å². The standard InChI is InChI=1S/C18H24N4O3/c1-11-7-12(2)22-17(21-11)10-20-18(23)9-14(19)13-5-6-15(24-3)16(8-13)25-4/h5-8,14H,9-10,19H2,1-4H3,(H,20,23)/t14-/m0/s1. The van der Waals surface area contributed by atoms with E-state index in [2.05, 4.69) is 15.3 Å². The van der Waals surface area contributed by atoms with Crippen molar-refractivity contribution in [3.63, 3.8) is 0 Å². The predicted molar refractivity (Wildman–Crippen MR) is 94.4 cm³/mol.